The lowest BCUT2D eigenvalue weighted by Gasteiger charge is -2.15. The molecule has 2 heteroatoms. The molecule has 1 aromatic rings. The molecule has 0 bridgehead atoms. The average Bonchev–Trinajstić information content (AvgIpc) is 2.19. The molecule has 1 nitrogen and oxygen atoms in total. The molecule has 0 aliphatic heterocycles. The summed E-state index contributed by atoms with van der Waals surface area (Å²) in [6.45, 7) is 11.1. The predicted octanol–water partition coefficient (Wildman–Crippen LogP) is 2.38. The number of rotatable bonds is 1. The van der Waals surface area contributed by atoms with Crippen molar-refractivity contribution in [2.75, 3.05) is 7.05 Å². The van der Waals surface area contributed by atoms with Gasteiger partial charge in [-0.05, 0) is 27.8 Å². The van der Waals surface area contributed by atoms with Crippen molar-refractivity contribution in [1.29, 1.82) is 0 Å². The lowest BCUT2D eigenvalue weighted by atomic mass is 10.1. The quantitative estimate of drug-likeness (QED) is 0.721. The zero-order valence-corrected chi connectivity index (χ0v) is 12.1. The SMILES string of the molecule is CNC(C)(C)C.C[SiH](C)c1ccccc1. The standard InChI is InChI=1S/C8H12Si.C5H13N/c1-9(2)8-6-4-3-5-7-8;1-5(2,3)6-4/h3-7,9H,1-2H3;6H,1-4H3. The Kier molecular flexibility index (Phi) is 6.53. The Balaban J connectivity index is 0.000000288. The summed E-state index contributed by atoms with van der Waals surface area (Å²) in [7, 11) is 1.43. The molecule has 0 radical (unpaired) electrons. The maximum atomic E-state index is 3.10. The first-order valence-electron chi connectivity index (χ1n) is 5.60. The highest BCUT2D eigenvalue weighted by Crippen LogP contribution is 1.94. The maximum absolute atomic E-state index is 3.10. The van der Waals surface area contributed by atoms with Gasteiger partial charge in [0, 0.05) is 5.54 Å². The van der Waals surface area contributed by atoms with Crippen molar-refractivity contribution < 1.29 is 0 Å². The fraction of sp³-hybridized carbons (Fsp3) is 0.538. The molecule has 1 N–H and O–H groups in total. The van der Waals surface area contributed by atoms with E-state index in [1.807, 2.05) is 7.05 Å². The zero-order chi connectivity index (χ0) is 11.9. The van der Waals surface area contributed by atoms with Gasteiger partial charge in [0.25, 0.3) is 0 Å². The maximum Gasteiger partial charge on any atom is 0.0647 e. The van der Waals surface area contributed by atoms with Crippen LogP contribution in [0.1, 0.15) is 20.8 Å². The molecule has 0 aliphatic carbocycles. The lowest BCUT2D eigenvalue weighted by molar-refractivity contribution is 0.469. The highest BCUT2D eigenvalue weighted by atomic mass is 28.3. The smallest absolute Gasteiger partial charge is 0.0647 e. The topological polar surface area (TPSA) is 12.0 Å². The molecule has 0 fully saturated rings. The molecule has 0 aliphatic rings. The first-order valence-corrected chi connectivity index (χ1v) is 8.49. The second kappa shape index (κ2) is 6.80. The van der Waals surface area contributed by atoms with Gasteiger partial charge < -0.3 is 5.32 Å². The molecule has 0 atom stereocenters. The summed E-state index contributed by atoms with van der Waals surface area (Å²) in [5, 5.41) is 4.66. The van der Waals surface area contributed by atoms with Crippen molar-refractivity contribution in [1.82, 2.24) is 5.32 Å². The summed E-state index contributed by atoms with van der Waals surface area (Å²) >= 11 is 0. The van der Waals surface area contributed by atoms with Gasteiger partial charge in [-0.1, -0.05) is 48.6 Å². The van der Waals surface area contributed by atoms with Crippen molar-refractivity contribution in [3.63, 3.8) is 0 Å². The van der Waals surface area contributed by atoms with Crippen LogP contribution in [0.5, 0.6) is 0 Å². The molecular formula is C13H25NSi. The van der Waals surface area contributed by atoms with Crippen LogP contribution in [-0.4, -0.2) is 21.4 Å². The van der Waals surface area contributed by atoms with Crippen LogP contribution in [0.3, 0.4) is 0 Å². The van der Waals surface area contributed by atoms with E-state index in [2.05, 4.69) is 69.5 Å². The molecule has 1 rings (SSSR count). The third kappa shape index (κ3) is 8.40. The summed E-state index contributed by atoms with van der Waals surface area (Å²) in [4.78, 5) is 0. The van der Waals surface area contributed by atoms with E-state index >= 15 is 0 Å². The highest BCUT2D eigenvalue weighted by Gasteiger charge is 2.01. The Bertz CT molecular complexity index is 249. The fourth-order valence-corrected chi connectivity index (χ4v) is 1.83. The van der Waals surface area contributed by atoms with Crippen LogP contribution in [0, 0.1) is 0 Å². The molecule has 0 saturated heterocycles. The van der Waals surface area contributed by atoms with E-state index < -0.39 is 8.80 Å². The van der Waals surface area contributed by atoms with Gasteiger partial charge in [-0.15, -0.1) is 0 Å². The Labute approximate surface area is 96.5 Å². The van der Waals surface area contributed by atoms with Crippen molar-refractivity contribution in [3.05, 3.63) is 30.3 Å². The summed E-state index contributed by atoms with van der Waals surface area (Å²) in [6.07, 6.45) is 0. The monoisotopic (exact) mass is 223 g/mol. The molecule has 1 aromatic carbocycles. The first-order chi connectivity index (χ1) is 6.87. The Morgan fingerprint density at radius 3 is 1.60 bits per heavy atom. The van der Waals surface area contributed by atoms with E-state index in [0.717, 1.165) is 0 Å². The fourth-order valence-electron chi connectivity index (χ4n) is 0.838. The molecule has 0 unspecified atom stereocenters. The van der Waals surface area contributed by atoms with Crippen LogP contribution in [0.15, 0.2) is 30.3 Å². The largest absolute Gasteiger partial charge is 0.315 e. The normalized spacial score (nSPS) is 10.9. The van der Waals surface area contributed by atoms with Crippen LogP contribution < -0.4 is 10.5 Å². The minimum absolute atomic E-state index is 0.292. The van der Waals surface area contributed by atoms with Gasteiger partial charge in [-0.3, -0.25) is 0 Å². The van der Waals surface area contributed by atoms with Gasteiger partial charge in [0.1, 0.15) is 0 Å². The van der Waals surface area contributed by atoms with Crippen LogP contribution in [0.4, 0.5) is 0 Å². The van der Waals surface area contributed by atoms with E-state index in [1.165, 1.54) is 0 Å². The molecule has 0 heterocycles. The van der Waals surface area contributed by atoms with Crippen LogP contribution in [-0.2, 0) is 0 Å². The van der Waals surface area contributed by atoms with Gasteiger partial charge in [0.05, 0.1) is 8.80 Å². The average molecular weight is 223 g/mol. The van der Waals surface area contributed by atoms with Crippen molar-refractivity contribution in [2.24, 2.45) is 0 Å². The van der Waals surface area contributed by atoms with Gasteiger partial charge in [0.2, 0.25) is 0 Å². The Morgan fingerprint density at radius 1 is 1.00 bits per heavy atom. The number of hydrogen-bond acceptors (Lipinski definition) is 1. The van der Waals surface area contributed by atoms with Crippen LogP contribution in [0.25, 0.3) is 0 Å². The molecule has 0 amide bonds. The van der Waals surface area contributed by atoms with E-state index in [1.54, 1.807) is 5.19 Å². The molecule has 15 heavy (non-hydrogen) atoms. The van der Waals surface area contributed by atoms with Crippen molar-refractivity contribution >= 4 is 14.0 Å². The number of nitrogens with one attached hydrogen (secondary N) is 1. The predicted molar refractivity (Wildman–Crippen MR) is 73.8 cm³/mol. The molecule has 0 spiro atoms. The van der Waals surface area contributed by atoms with Crippen molar-refractivity contribution in [3.8, 4) is 0 Å². The van der Waals surface area contributed by atoms with E-state index in [4.69, 9.17) is 0 Å². The van der Waals surface area contributed by atoms with Gasteiger partial charge in [-0.25, -0.2) is 0 Å². The van der Waals surface area contributed by atoms with E-state index in [-0.39, 0.29) is 0 Å². The van der Waals surface area contributed by atoms with E-state index in [9.17, 15) is 0 Å². The number of hydrogen-bond donors (Lipinski definition) is 1. The summed E-state index contributed by atoms with van der Waals surface area (Å²) in [5.41, 5.74) is 0.292. The third-order valence-corrected chi connectivity index (χ3v) is 3.93. The second-order valence-corrected chi connectivity index (χ2v) is 8.04. The third-order valence-electron chi connectivity index (χ3n) is 2.22. The molecular weight excluding hydrogens is 198 g/mol. The van der Waals surface area contributed by atoms with Gasteiger partial charge >= 0.3 is 0 Å². The summed E-state index contributed by atoms with van der Waals surface area (Å²) < 4.78 is 0. The highest BCUT2D eigenvalue weighted by molar-refractivity contribution is 6.70. The second-order valence-electron chi connectivity index (χ2n) is 5.07. The minimum atomic E-state index is -0.529. The number of benzene rings is 1. The van der Waals surface area contributed by atoms with Gasteiger partial charge in [0.15, 0.2) is 0 Å². The first kappa shape index (κ1) is 14.4. The Morgan fingerprint density at radius 2 is 1.40 bits per heavy atom. The van der Waals surface area contributed by atoms with Crippen molar-refractivity contribution in [2.45, 2.75) is 39.4 Å². The lowest BCUT2D eigenvalue weighted by Crippen LogP contribution is -2.31. The molecule has 0 saturated carbocycles. The molecule has 86 valence electrons. The minimum Gasteiger partial charge on any atom is -0.315 e. The van der Waals surface area contributed by atoms with E-state index in [0.29, 0.717) is 5.54 Å². The molecule has 0 aromatic heterocycles. The zero-order valence-electron chi connectivity index (χ0n) is 11.0. The van der Waals surface area contributed by atoms with Gasteiger partial charge in [-0.2, -0.15) is 0 Å². The van der Waals surface area contributed by atoms with Crippen LogP contribution >= 0.6 is 0 Å². The van der Waals surface area contributed by atoms with Crippen LogP contribution in [0.2, 0.25) is 13.1 Å². The summed E-state index contributed by atoms with van der Waals surface area (Å²) in [5.74, 6) is 0. The summed E-state index contributed by atoms with van der Waals surface area (Å²) in [6, 6.07) is 10.7. The Hall–Kier alpha value is -0.603.